The average Bonchev–Trinajstić information content (AvgIpc) is 2.04. The minimum Gasteiger partial charge on any atom is -0.370 e. The summed E-state index contributed by atoms with van der Waals surface area (Å²) in [5, 5.41) is 18.9. The SMILES string of the molecule is N=C(N)NC(=N)Nc1cnccn1. The van der Waals surface area contributed by atoms with Crippen LogP contribution in [0.2, 0.25) is 0 Å². The quantitative estimate of drug-likeness (QED) is 0.288. The molecule has 13 heavy (non-hydrogen) atoms. The standard InChI is InChI=1S/C6H9N7/c7-5(8)13-6(9)12-4-3-10-1-2-11-4/h1-3H,(H6,7,8,9,11,12,13). The fourth-order valence-electron chi connectivity index (χ4n) is 0.658. The normalized spacial score (nSPS) is 8.92. The van der Waals surface area contributed by atoms with Gasteiger partial charge in [-0.05, 0) is 0 Å². The fraction of sp³-hybridized carbons (Fsp3) is 0. The molecule has 1 rings (SSSR count). The Balaban J connectivity index is 2.50. The maximum atomic E-state index is 7.25. The second-order valence-electron chi connectivity index (χ2n) is 2.13. The monoisotopic (exact) mass is 179 g/mol. The number of nitrogens with two attached hydrogens (primary N) is 1. The van der Waals surface area contributed by atoms with Crippen LogP contribution in [0.15, 0.2) is 18.6 Å². The van der Waals surface area contributed by atoms with Crippen molar-refractivity contribution in [2.75, 3.05) is 5.32 Å². The predicted molar refractivity (Wildman–Crippen MR) is 48.4 cm³/mol. The van der Waals surface area contributed by atoms with E-state index in [0.29, 0.717) is 5.82 Å². The van der Waals surface area contributed by atoms with Gasteiger partial charge in [-0.25, -0.2) is 4.98 Å². The van der Waals surface area contributed by atoms with Gasteiger partial charge in [-0.2, -0.15) is 0 Å². The largest absolute Gasteiger partial charge is 0.370 e. The molecule has 0 aromatic carbocycles. The van der Waals surface area contributed by atoms with Crippen molar-refractivity contribution in [3.05, 3.63) is 18.6 Å². The van der Waals surface area contributed by atoms with Gasteiger partial charge >= 0.3 is 0 Å². The van der Waals surface area contributed by atoms with Crippen LogP contribution in [0.3, 0.4) is 0 Å². The molecule has 7 heteroatoms. The van der Waals surface area contributed by atoms with Gasteiger partial charge in [-0.1, -0.05) is 0 Å². The zero-order chi connectivity index (χ0) is 9.68. The van der Waals surface area contributed by atoms with Gasteiger partial charge in [0.1, 0.15) is 0 Å². The molecular weight excluding hydrogens is 170 g/mol. The third-order valence-corrected chi connectivity index (χ3v) is 1.08. The van der Waals surface area contributed by atoms with Gasteiger partial charge in [0, 0.05) is 12.4 Å². The molecule has 0 spiro atoms. The first-order chi connectivity index (χ1) is 6.18. The van der Waals surface area contributed by atoms with Gasteiger partial charge < -0.3 is 11.1 Å². The summed E-state index contributed by atoms with van der Waals surface area (Å²) < 4.78 is 0. The molecule has 0 fully saturated rings. The average molecular weight is 179 g/mol. The molecule has 1 aromatic rings. The van der Waals surface area contributed by atoms with Crippen LogP contribution in [0.1, 0.15) is 0 Å². The molecule has 0 saturated heterocycles. The highest BCUT2D eigenvalue weighted by atomic mass is 15.2. The van der Waals surface area contributed by atoms with Crippen LogP contribution in [-0.4, -0.2) is 21.9 Å². The van der Waals surface area contributed by atoms with Gasteiger partial charge in [-0.15, -0.1) is 0 Å². The second kappa shape index (κ2) is 4.00. The number of nitrogens with zero attached hydrogens (tertiary/aromatic N) is 2. The maximum Gasteiger partial charge on any atom is 0.200 e. The van der Waals surface area contributed by atoms with Gasteiger partial charge in [0.25, 0.3) is 0 Å². The number of hydrogen-bond acceptors (Lipinski definition) is 4. The van der Waals surface area contributed by atoms with Crippen molar-refractivity contribution < 1.29 is 0 Å². The topological polar surface area (TPSA) is 124 Å². The van der Waals surface area contributed by atoms with Gasteiger partial charge in [0.05, 0.1) is 6.20 Å². The number of nitrogens with one attached hydrogen (secondary N) is 4. The molecule has 0 saturated carbocycles. The van der Waals surface area contributed by atoms with E-state index in [4.69, 9.17) is 16.6 Å². The number of hydrogen-bond donors (Lipinski definition) is 5. The van der Waals surface area contributed by atoms with E-state index in [1.165, 1.54) is 18.6 Å². The molecule has 6 N–H and O–H groups in total. The highest BCUT2D eigenvalue weighted by Gasteiger charge is 1.97. The van der Waals surface area contributed by atoms with Gasteiger partial charge in [0.2, 0.25) is 5.96 Å². The van der Waals surface area contributed by atoms with E-state index in [-0.39, 0.29) is 11.9 Å². The van der Waals surface area contributed by atoms with E-state index in [2.05, 4.69) is 20.6 Å². The Morgan fingerprint density at radius 2 is 2.15 bits per heavy atom. The van der Waals surface area contributed by atoms with Crippen LogP contribution < -0.4 is 16.4 Å². The summed E-state index contributed by atoms with van der Waals surface area (Å²) in [5.74, 6) is -0.00404. The Morgan fingerprint density at radius 3 is 2.69 bits per heavy atom. The summed E-state index contributed by atoms with van der Waals surface area (Å²) >= 11 is 0. The summed E-state index contributed by atoms with van der Waals surface area (Å²) in [6, 6.07) is 0. The molecule has 0 aliphatic rings. The van der Waals surface area contributed by atoms with Gasteiger partial charge in [-0.3, -0.25) is 21.1 Å². The zero-order valence-corrected chi connectivity index (χ0v) is 6.70. The van der Waals surface area contributed by atoms with Crippen molar-refractivity contribution in [3.8, 4) is 0 Å². The van der Waals surface area contributed by atoms with Crippen LogP contribution in [-0.2, 0) is 0 Å². The molecular formula is C6H9N7. The zero-order valence-electron chi connectivity index (χ0n) is 6.70. The molecule has 0 bridgehead atoms. The van der Waals surface area contributed by atoms with Crippen molar-refractivity contribution in [1.82, 2.24) is 15.3 Å². The van der Waals surface area contributed by atoms with Crippen LogP contribution in [0.5, 0.6) is 0 Å². The lowest BCUT2D eigenvalue weighted by molar-refractivity contribution is 1.16. The summed E-state index contributed by atoms with van der Waals surface area (Å²) in [4.78, 5) is 7.64. The smallest absolute Gasteiger partial charge is 0.200 e. The number of guanidine groups is 2. The fourth-order valence-corrected chi connectivity index (χ4v) is 0.658. The highest BCUT2D eigenvalue weighted by Crippen LogP contribution is 1.94. The second-order valence-corrected chi connectivity index (χ2v) is 2.13. The molecule has 0 aliphatic heterocycles. The maximum absolute atomic E-state index is 7.25. The summed E-state index contributed by atoms with van der Waals surface area (Å²) in [7, 11) is 0. The number of anilines is 1. The summed E-state index contributed by atoms with van der Waals surface area (Å²) in [6.45, 7) is 0. The first-order valence-electron chi connectivity index (χ1n) is 3.41. The Kier molecular flexibility index (Phi) is 2.74. The van der Waals surface area contributed by atoms with Crippen LogP contribution in [0.4, 0.5) is 5.82 Å². The lowest BCUT2D eigenvalue weighted by Crippen LogP contribution is -2.39. The third-order valence-electron chi connectivity index (χ3n) is 1.08. The summed E-state index contributed by atoms with van der Waals surface area (Å²) in [5.41, 5.74) is 5.00. The molecule has 68 valence electrons. The van der Waals surface area contributed by atoms with E-state index in [1.807, 2.05) is 0 Å². The molecule has 0 radical (unpaired) electrons. The van der Waals surface area contributed by atoms with E-state index < -0.39 is 0 Å². The third kappa shape index (κ3) is 3.14. The number of rotatable bonds is 1. The van der Waals surface area contributed by atoms with Crippen molar-refractivity contribution in [1.29, 1.82) is 10.8 Å². The lowest BCUT2D eigenvalue weighted by atomic mass is 10.6. The first-order valence-corrected chi connectivity index (χ1v) is 3.41. The molecule has 1 heterocycles. The predicted octanol–water partition coefficient (Wildman–Crippen LogP) is -0.694. The Morgan fingerprint density at radius 1 is 1.38 bits per heavy atom. The van der Waals surface area contributed by atoms with Crippen molar-refractivity contribution in [2.45, 2.75) is 0 Å². The summed E-state index contributed by atoms with van der Waals surface area (Å²) in [6.07, 6.45) is 4.47. The minimum atomic E-state index is -0.304. The van der Waals surface area contributed by atoms with Crippen molar-refractivity contribution in [3.63, 3.8) is 0 Å². The molecule has 0 amide bonds. The van der Waals surface area contributed by atoms with E-state index >= 15 is 0 Å². The highest BCUT2D eigenvalue weighted by molar-refractivity contribution is 6.01. The Hall–Kier alpha value is -2.18. The molecule has 1 aromatic heterocycles. The van der Waals surface area contributed by atoms with E-state index in [1.54, 1.807) is 0 Å². The van der Waals surface area contributed by atoms with Crippen LogP contribution in [0.25, 0.3) is 0 Å². The molecule has 0 aliphatic carbocycles. The van der Waals surface area contributed by atoms with E-state index in [0.717, 1.165) is 0 Å². The molecule has 0 atom stereocenters. The van der Waals surface area contributed by atoms with Crippen molar-refractivity contribution >= 4 is 17.7 Å². The van der Waals surface area contributed by atoms with Crippen molar-refractivity contribution in [2.24, 2.45) is 5.73 Å². The Labute approximate surface area is 74.4 Å². The minimum absolute atomic E-state index is 0.118. The van der Waals surface area contributed by atoms with Crippen LogP contribution in [0, 0.1) is 10.8 Å². The van der Waals surface area contributed by atoms with Crippen LogP contribution >= 0.6 is 0 Å². The number of aromatic nitrogens is 2. The van der Waals surface area contributed by atoms with E-state index in [9.17, 15) is 0 Å². The lowest BCUT2D eigenvalue weighted by Gasteiger charge is -2.06. The molecule has 0 unspecified atom stereocenters. The Bertz CT molecular complexity index is 306. The first kappa shape index (κ1) is 8.91. The van der Waals surface area contributed by atoms with Gasteiger partial charge in [0.15, 0.2) is 11.8 Å². The molecule has 7 nitrogen and oxygen atoms in total.